The smallest absolute Gasteiger partial charge is 0.228 e. The quantitative estimate of drug-likeness (QED) is 0.833. The number of aryl methyl sites for hydroxylation is 1. The van der Waals surface area contributed by atoms with Crippen LogP contribution in [0.25, 0.3) is 0 Å². The Morgan fingerprint density at radius 1 is 1.53 bits per heavy atom. The first kappa shape index (κ1) is 12.1. The lowest BCUT2D eigenvalue weighted by Crippen LogP contribution is -2.25. The summed E-state index contributed by atoms with van der Waals surface area (Å²) in [5.41, 5.74) is 6.50. The second kappa shape index (κ2) is 5.31. The van der Waals surface area contributed by atoms with E-state index >= 15 is 0 Å². The van der Waals surface area contributed by atoms with E-state index in [0.29, 0.717) is 12.4 Å². The normalized spacial score (nSPS) is 17.1. The number of nitrogens with one attached hydrogen (secondary N) is 1. The Labute approximate surface area is 101 Å². The minimum atomic E-state index is 0.0955. The molecule has 17 heavy (non-hydrogen) atoms. The summed E-state index contributed by atoms with van der Waals surface area (Å²) in [6.45, 7) is 0.397. The second-order valence-electron chi connectivity index (χ2n) is 4.70. The number of anilines is 1. The average molecular weight is 236 g/mol. The van der Waals surface area contributed by atoms with Crippen molar-refractivity contribution in [2.45, 2.75) is 38.6 Å². The molecule has 1 fully saturated rings. The molecule has 1 saturated carbocycles. The van der Waals surface area contributed by atoms with E-state index in [4.69, 9.17) is 5.73 Å². The largest absolute Gasteiger partial charge is 0.326 e. The van der Waals surface area contributed by atoms with E-state index in [1.165, 1.54) is 6.42 Å². The summed E-state index contributed by atoms with van der Waals surface area (Å²) in [7, 11) is 1.83. The van der Waals surface area contributed by atoms with Crippen molar-refractivity contribution < 1.29 is 4.79 Å². The van der Waals surface area contributed by atoms with Gasteiger partial charge in [0, 0.05) is 31.3 Å². The van der Waals surface area contributed by atoms with Gasteiger partial charge >= 0.3 is 0 Å². The first-order valence-electron chi connectivity index (χ1n) is 6.24. The zero-order valence-electron chi connectivity index (χ0n) is 10.3. The summed E-state index contributed by atoms with van der Waals surface area (Å²) in [4.78, 5) is 12.0. The van der Waals surface area contributed by atoms with Crippen LogP contribution in [0.4, 0.5) is 5.82 Å². The van der Waals surface area contributed by atoms with Gasteiger partial charge in [0.1, 0.15) is 0 Å². The number of hydrogen-bond acceptors (Lipinski definition) is 3. The summed E-state index contributed by atoms with van der Waals surface area (Å²) in [5.74, 6) is 0.861. The van der Waals surface area contributed by atoms with E-state index in [1.54, 1.807) is 4.68 Å². The van der Waals surface area contributed by atoms with Crippen LogP contribution in [0.15, 0.2) is 6.20 Å². The summed E-state index contributed by atoms with van der Waals surface area (Å²) in [6, 6.07) is 0. The maximum Gasteiger partial charge on any atom is 0.228 e. The van der Waals surface area contributed by atoms with Crippen molar-refractivity contribution in [3.8, 4) is 0 Å². The van der Waals surface area contributed by atoms with Crippen LogP contribution in [0, 0.1) is 5.92 Å². The molecule has 1 aliphatic rings. The van der Waals surface area contributed by atoms with E-state index < -0.39 is 0 Å². The highest BCUT2D eigenvalue weighted by Crippen LogP contribution is 2.25. The fourth-order valence-corrected chi connectivity index (χ4v) is 2.38. The molecule has 3 N–H and O–H groups in total. The summed E-state index contributed by atoms with van der Waals surface area (Å²) >= 11 is 0. The first-order valence-corrected chi connectivity index (χ1v) is 6.24. The highest BCUT2D eigenvalue weighted by atomic mass is 16.2. The summed E-state index contributed by atoms with van der Waals surface area (Å²) in [6.07, 6.45) is 7.40. The van der Waals surface area contributed by atoms with Crippen molar-refractivity contribution in [3.05, 3.63) is 11.8 Å². The van der Waals surface area contributed by atoms with Gasteiger partial charge in [0.05, 0.1) is 0 Å². The van der Waals surface area contributed by atoms with Crippen LogP contribution in [0.3, 0.4) is 0 Å². The molecule has 0 unspecified atom stereocenters. The SMILES string of the molecule is Cn1cc(CN)c(NC(=O)C2CCCCC2)n1. The number of amides is 1. The van der Waals surface area contributed by atoms with E-state index in [-0.39, 0.29) is 11.8 Å². The molecular weight excluding hydrogens is 216 g/mol. The van der Waals surface area contributed by atoms with Crippen molar-refractivity contribution in [1.82, 2.24) is 9.78 Å². The van der Waals surface area contributed by atoms with Crippen molar-refractivity contribution in [1.29, 1.82) is 0 Å². The fraction of sp³-hybridized carbons (Fsp3) is 0.667. The molecule has 1 amide bonds. The first-order chi connectivity index (χ1) is 8.20. The van der Waals surface area contributed by atoms with Crippen LogP contribution in [0.1, 0.15) is 37.7 Å². The third kappa shape index (κ3) is 2.85. The van der Waals surface area contributed by atoms with Crippen LogP contribution >= 0.6 is 0 Å². The lowest BCUT2D eigenvalue weighted by molar-refractivity contribution is -0.120. The lowest BCUT2D eigenvalue weighted by atomic mass is 9.89. The minimum absolute atomic E-state index is 0.0955. The molecule has 0 aliphatic heterocycles. The monoisotopic (exact) mass is 236 g/mol. The average Bonchev–Trinajstić information content (AvgIpc) is 2.70. The Kier molecular flexibility index (Phi) is 3.78. The predicted octanol–water partition coefficient (Wildman–Crippen LogP) is 1.40. The fourth-order valence-electron chi connectivity index (χ4n) is 2.38. The zero-order chi connectivity index (χ0) is 12.3. The maximum absolute atomic E-state index is 12.0. The van der Waals surface area contributed by atoms with Gasteiger partial charge in [0.25, 0.3) is 0 Å². The Bertz CT molecular complexity index is 393. The molecule has 1 aromatic heterocycles. The van der Waals surface area contributed by atoms with Crippen molar-refractivity contribution in [2.75, 3.05) is 5.32 Å². The Hall–Kier alpha value is -1.36. The number of hydrogen-bond donors (Lipinski definition) is 2. The van der Waals surface area contributed by atoms with Crippen LogP contribution in [0.2, 0.25) is 0 Å². The summed E-state index contributed by atoms with van der Waals surface area (Å²) < 4.78 is 1.68. The molecule has 0 saturated heterocycles. The Morgan fingerprint density at radius 2 is 2.24 bits per heavy atom. The van der Waals surface area contributed by atoms with E-state index in [9.17, 15) is 4.79 Å². The van der Waals surface area contributed by atoms with Crippen LogP contribution < -0.4 is 11.1 Å². The van der Waals surface area contributed by atoms with E-state index in [2.05, 4.69) is 10.4 Å². The number of carbonyl (C=O) groups excluding carboxylic acids is 1. The number of rotatable bonds is 3. The van der Waals surface area contributed by atoms with Gasteiger partial charge in [-0.05, 0) is 12.8 Å². The van der Waals surface area contributed by atoms with E-state index in [1.807, 2.05) is 13.2 Å². The zero-order valence-corrected chi connectivity index (χ0v) is 10.3. The van der Waals surface area contributed by atoms with Gasteiger partial charge in [-0.25, -0.2) is 0 Å². The number of carbonyl (C=O) groups is 1. The summed E-state index contributed by atoms with van der Waals surface area (Å²) in [5, 5.41) is 7.12. The number of nitrogens with two attached hydrogens (primary N) is 1. The number of nitrogens with zero attached hydrogens (tertiary/aromatic N) is 2. The molecule has 1 heterocycles. The molecular formula is C12H20N4O. The molecule has 0 radical (unpaired) electrons. The standard InChI is InChI=1S/C12H20N4O/c1-16-8-10(7-13)11(15-16)14-12(17)9-5-3-2-4-6-9/h8-9H,2-7,13H2,1H3,(H,14,15,17). The van der Waals surface area contributed by atoms with Gasteiger partial charge in [-0.1, -0.05) is 19.3 Å². The molecule has 0 aromatic carbocycles. The predicted molar refractivity (Wildman–Crippen MR) is 66.3 cm³/mol. The second-order valence-corrected chi connectivity index (χ2v) is 4.70. The molecule has 1 aromatic rings. The van der Waals surface area contributed by atoms with Gasteiger partial charge in [0.15, 0.2) is 5.82 Å². The molecule has 5 nitrogen and oxygen atoms in total. The lowest BCUT2D eigenvalue weighted by Gasteiger charge is -2.20. The van der Waals surface area contributed by atoms with Crippen molar-refractivity contribution in [2.24, 2.45) is 18.7 Å². The van der Waals surface area contributed by atoms with Crippen molar-refractivity contribution in [3.63, 3.8) is 0 Å². The molecule has 94 valence electrons. The minimum Gasteiger partial charge on any atom is -0.326 e. The molecule has 2 rings (SSSR count). The topological polar surface area (TPSA) is 72.9 Å². The van der Waals surface area contributed by atoms with Gasteiger partial charge in [0.2, 0.25) is 5.91 Å². The highest BCUT2D eigenvalue weighted by Gasteiger charge is 2.22. The van der Waals surface area contributed by atoms with Crippen LogP contribution in [-0.4, -0.2) is 15.7 Å². The van der Waals surface area contributed by atoms with Crippen molar-refractivity contribution >= 4 is 11.7 Å². The highest BCUT2D eigenvalue weighted by molar-refractivity contribution is 5.92. The van der Waals surface area contributed by atoms with Gasteiger partial charge < -0.3 is 11.1 Å². The Morgan fingerprint density at radius 3 is 2.88 bits per heavy atom. The van der Waals surface area contributed by atoms with Crippen LogP contribution in [0.5, 0.6) is 0 Å². The molecule has 0 atom stereocenters. The molecule has 1 aliphatic carbocycles. The molecule has 0 bridgehead atoms. The third-order valence-corrected chi connectivity index (χ3v) is 3.34. The van der Waals surface area contributed by atoms with Crippen LogP contribution in [-0.2, 0) is 18.4 Å². The number of aromatic nitrogens is 2. The molecule has 0 spiro atoms. The maximum atomic E-state index is 12.0. The van der Waals surface area contributed by atoms with Gasteiger partial charge in [-0.15, -0.1) is 0 Å². The van der Waals surface area contributed by atoms with Gasteiger partial charge in [-0.2, -0.15) is 5.10 Å². The third-order valence-electron chi connectivity index (χ3n) is 3.34. The van der Waals surface area contributed by atoms with E-state index in [0.717, 1.165) is 31.2 Å². The Balaban J connectivity index is 2.01. The molecule has 5 heteroatoms. The van der Waals surface area contributed by atoms with Gasteiger partial charge in [-0.3, -0.25) is 9.48 Å².